The fourth-order valence-electron chi connectivity index (χ4n) is 2.24. The van der Waals surface area contributed by atoms with Crippen LogP contribution in [0.4, 0.5) is 0 Å². The van der Waals surface area contributed by atoms with Gasteiger partial charge >= 0.3 is 0 Å². The molecule has 0 saturated carbocycles. The first kappa shape index (κ1) is 10.4. The van der Waals surface area contributed by atoms with Crippen LogP contribution in [-0.4, -0.2) is 29.6 Å². The first-order chi connectivity index (χ1) is 7.27. The molecule has 82 valence electrons. The van der Waals surface area contributed by atoms with E-state index in [1.165, 1.54) is 12.0 Å². The van der Waals surface area contributed by atoms with Gasteiger partial charge in [-0.05, 0) is 43.9 Å². The quantitative estimate of drug-likeness (QED) is 0.647. The lowest BCUT2D eigenvalue weighted by molar-refractivity contribution is -0.126. The molecule has 2 heterocycles. The maximum Gasteiger partial charge on any atom is 0.223 e. The van der Waals surface area contributed by atoms with Crippen molar-refractivity contribution in [2.75, 3.05) is 6.54 Å². The summed E-state index contributed by atoms with van der Waals surface area (Å²) in [5, 5.41) is 0. The second-order valence-electron chi connectivity index (χ2n) is 4.30. The minimum atomic E-state index is 0.145. The number of carbonyl (C=O) groups excluding carboxylic acids is 1. The van der Waals surface area contributed by atoms with Gasteiger partial charge < -0.3 is 4.90 Å². The topological polar surface area (TPSA) is 32.7 Å². The summed E-state index contributed by atoms with van der Waals surface area (Å²) in [4.78, 5) is 17.6. The molecular weight excluding hydrogens is 188 g/mol. The van der Waals surface area contributed by atoms with Crippen molar-refractivity contribution in [1.29, 1.82) is 0 Å². The van der Waals surface area contributed by atoms with Crippen molar-refractivity contribution in [1.82, 2.24) is 4.90 Å². The van der Waals surface area contributed by atoms with Gasteiger partial charge in [0.25, 0.3) is 0 Å². The Morgan fingerprint density at radius 1 is 1.53 bits per heavy atom. The lowest BCUT2D eigenvalue weighted by Crippen LogP contribution is -2.30. The van der Waals surface area contributed by atoms with E-state index in [4.69, 9.17) is 0 Å². The third kappa shape index (κ3) is 2.46. The van der Waals surface area contributed by atoms with Crippen LogP contribution in [0, 0.1) is 0 Å². The monoisotopic (exact) mass is 206 g/mol. The fourth-order valence-corrected chi connectivity index (χ4v) is 2.24. The Balaban J connectivity index is 2.10. The normalized spacial score (nSPS) is 26.3. The summed E-state index contributed by atoms with van der Waals surface area (Å²) in [6.07, 6.45) is 9.73. The summed E-state index contributed by atoms with van der Waals surface area (Å²) >= 11 is 0. The molecule has 2 rings (SSSR count). The zero-order valence-corrected chi connectivity index (χ0v) is 9.28. The molecule has 0 fully saturated rings. The molecule has 2 aliphatic heterocycles. The minimum absolute atomic E-state index is 0.145. The van der Waals surface area contributed by atoms with Gasteiger partial charge in [0, 0.05) is 19.7 Å². The summed E-state index contributed by atoms with van der Waals surface area (Å²) in [6.45, 7) is 2.50. The van der Waals surface area contributed by atoms with Crippen molar-refractivity contribution >= 4 is 12.1 Å². The van der Waals surface area contributed by atoms with E-state index < -0.39 is 0 Å². The lowest BCUT2D eigenvalue weighted by Gasteiger charge is -2.28. The van der Waals surface area contributed by atoms with Gasteiger partial charge in [0.15, 0.2) is 0 Å². The van der Waals surface area contributed by atoms with Gasteiger partial charge in [-0.1, -0.05) is 0 Å². The highest BCUT2D eigenvalue weighted by Crippen LogP contribution is 2.25. The third-order valence-electron chi connectivity index (χ3n) is 3.11. The molecule has 0 spiro atoms. The van der Waals surface area contributed by atoms with Crippen molar-refractivity contribution in [2.24, 2.45) is 4.99 Å². The van der Waals surface area contributed by atoms with E-state index in [1.54, 1.807) is 6.92 Å². The molecule has 0 radical (unpaired) electrons. The molecular formula is C12H18N2O. The maximum absolute atomic E-state index is 11.3. The Bertz CT molecular complexity index is 307. The Hall–Kier alpha value is -1.12. The molecule has 1 amide bonds. The molecule has 0 aromatic heterocycles. The SMILES string of the molecule is CC(=O)N1C=C(C2CCCC=N2)CCC1. The Labute approximate surface area is 90.9 Å². The van der Waals surface area contributed by atoms with Gasteiger partial charge in [-0.25, -0.2) is 0 Å². The van der Waals surface area contributed by atoms with Gasteiger partial charge in [0.2, 0.25) is 5.91 Å². The van der Waals surface area contributed by atoms with Crippen LogP contribution in [0.25, 0.3) is 0 Å². The van der Waals surface area contributed by atoms with Gasteiger partial charge in [0.1, 0.15) is 0 Å². The van der Waals surface area contributed by atoms with Crippen LogP contribution in [-0.2, 0) is 4.79 Å². The second-order valence-corrected chi connectivity index (χ2v) is 4.30. The number of nitrogens with zero attached hydrogens (tertiary/aromatic N) is 2. The highest BCUT2D eigenvalue weighted by atomic mass is 16.2. The van der Waals surface area contributed by atoms with Gasteiger partial charge in [-0.3, -0.25) is 9.79 Å². The van der Waals surface area contributed by atoms with Crippen LogP contribution in [0.1, 0.15) is 39.0 Å². The summed E-state index contributed by atoms with van der Waals surface area (Å²) in [7, 11) is 0. The number of amides is 1. The van der Waals surface area contributed by atoms with E-state index in [9.17, 15) is 4.79 Å². The average Bonchev–Trinajstić information content (AvgIpc) is 2.30. The molecule has 1 atom stereocenters. The maximum atomic E-state index is 11.3. The molecule has 3 heteroatoms. The van der Waals surface area contributed by atoms with E-state index in [0.717, 1.165) is 32.2 Å². The van der Waals surface area contributed by atoms with E-state index in [0.29, 0.717) is 6.04 Å². The smallest absolute Gasteiger partial charge is 0.223 e. The summed E-state index contributed by atoms with van der Waals surface area (Å²) < 4.78 is 0. The molecule has 0 bridgehead atoms. The van der Waals surface area contributed by atoms with Crippen molar-refractivity contribution < 1.29 is 4.79 Å². The predicted octanol–water partition coefficient (Wildman–Crippen LogP) is 2.14. The third-order valence-corrected chi connectivity index (χ3v) is 3.11. The molecule has 0 aromatic carbocycles. The van der Waals surface area contributed by atoms with Crippen molar-refractivity contribution in [3.05, 3.63) is 11.8 Å². The predicted molar refractivity (Wildman–Crippen MR) is 60.8 cm³/mol. The number of hydrogen-bond donors (Lipinski definition) is 0. The Morgan fingerprint density at radius 2 is 2.40 bits per heavy atom. The highest BCUT2D eigenvalue weighted by Gasteiger charge is 2.20. The van der Waals surface area contributed by atoms with Crippen LogP contribution in [0.2, 0.25) is 0 Å². The van der Waals surface area contributed by atoms with Gasteiger partial charge in [-0.2, -0.15) is 0 Å². The van der Waals surface area contributed by atoms with Crippen LogP contribution >= 0.6 is 0 Å². The van der Waals surface area contributed by atoms with Crippen molar-refractivity contribution in [3.63, 3.8) is 0 Å². The number of aliphatic imine (C=N–C) groups is 1. The van der Waals surface area contributed by atoms with Crippen LogP contribution < -0.4 is 0 Å². The Morgan fingerprint density at radius 3 is 3.07 bits per heavy atom. The highest BCUT2D eigenvalue weighted by molar-refractivity contribution is 5.74. The molecule has 0 saturated heterocycles. The minimum Gasteiger partial charge on any atom is -0.319 e. The first-order valence-electron chi connectivity index (χ1n) is 5.77. The van der Waals surface area contributed by atoms with Crippen molar-refractivity contribution in [2.45, 2.75) is 45.1 Å². The van der Waals surface area contributed by atoms with Gasteiger partial charge in [-0.15, -0.1) is 0 Å². The number of hydrogen-bond acceptors (Lipinski definition) is 2. The van der Waals surface area contributed by atoms with Crippen LogP contribution in [0.3, 0.4) is 0 Å². The zero-order valence-electron chi connectivity index (χ0n) is 9.28. The summed E-state index contributed by atoms with van der Waals surface area (Å²) in [6, 6.07) is 0.348. The van der Waals surface area contributed by atoms with Gasteiger partial charge in [0.05, 0.1) is 6.04 Å². The zero-order chi connectivity index (χ0) is 10.7. The fraction of sp³-hybridized carbons (Fsp3) is 0.667. The summed E-state index contributed by atoms with van der Waals surface area (Å²) in [5.74, 6) is 0.145. The van der Waals surface area contributed by atoms with E-state index >= 15 is 0 Å². The van der Waals surface area contributed by atoms with E-state index in [2.05, 4.69) is 4.99 Å². The largest absolute Gasteiger partial charge is 0.319 e. The molecule has 3 nitrogen and oxygen atoms in total. The van der Waals surface area contributed by atoms with E-state index in [-0.39, 0.29) is 5.91 Å². The first-order valence-corrected chi connectivity index (χ1v) is 5.77. The molecule has 15 heavy (non-hydrogen) atoms. The van der Waals surface area contributed by atoms with Crippen LogP contribution in [0.5, 0.6) is 0 Å². The molecule has 0 N–H and O–H groups in total. The lowest BCUT2D eigenvalue weighted by atomic mass is 9.94. The number of rotatable bonds is 1. The molecule has 2 aliphatic rings. The standard InChI is InChI=1S/C12H18N2O/c1-10(15)14-8-4-5-11(9-14)12-6-2-3-7-13-12/h7,9,12H,2-6,8H2,1H3. The second kappa shape index (κ2) is 4.60. The molecule has 0 aromatic rings. The number of carbonyl (C=O) groups is 1. The van der Waals surface area contributed by atoms with Crippen LogP contribution in [0.15, 0.2) is 16.8 Å². The average molecular weight is 206 g/mol. The Kier molecular flexibility index (Phi) is 3.19. The molecule has 0 aliphatic carbocycles. The molecule has 1 unspecified atom stereocenters. The van der Waals surface area contributed by atoms with Crippen molar-refractivity contribution in [3.8, 4) is 0 Å². The summed E-state index contributed by atoms with van der Waals surface area (Å²) in [5.41, 5.74) is 1.34. The van der Waals surface area contributed by atoms with E-state index in [1.807, 2.05) is 17.3 Å².